The number of hydrogen-bond donors (Lipinski definition) is 2. The van der Waals surface area contributed by atoms with E-state index in [4.69, 9.17) is 9.47 Å². The molecule has 4 aromatic rings. The zero-order valence-electron chi connectivity index (χ0n) is 20.3. The molecule has 1 aliphatic carbocycles. The van der Waals surface area contributed by atoms with Gasteiger partial charge in [-0.2, -0.15) is 0 Å². The summed E-state index contributed by atoms with van der Waals surface area (Å²) >= 11 is 0. The number of rotatable bonds is 7. The van der Waals surface area contributed by atoms with E-state index in [-0.39, 0.29) is 31.7 Å². The Balaban J connectivity index is 1.30. The van der Waals surface area contributed by atoms with Crippen LogP contribution in [0.2, 0.25) is 0 Å². The molecule has 1 fully saturated rings. The molecule has 6 rings (SSSR count). The molecule has 1 aromatic heterocycles. The first-order chi connectivity index (χ1) is 18.5. The van der Waals surface area contributed by atoms with Crippen molar-refractivity contribution >= 4 is 28.4 Å². The lowest BCUT2D eigenvalue weighted by atomic mass is 10.1. The minimum absolute atomic E-state index is 0.0565. The largest absolute Gasteiger partial charge is 0.454 e. The highest BCUT2D eigenvalue weighted by Gasteiger charge is 2.23. The van der Waals surface area contributed by atoms with Crippen molar-refractivity contribution < 1.29 is 19.1 Å². The Bertz CT molecular complexity index is 1680. The van der Waals surface area contributed by atoms with Gasteiger partial charge in [-0.25, -0.2) is 9.36 Å². The maximum atomic E-state index is 13.6. The van der Waals surface area contributed by atoms with Crippen LogP contribution in [0.25, 0.3) is 16.6 Å². The van der Waals surface area contributed by atoms with Crippen molar-refractivity contribution in [1.82, 2.24) is 14.5 Å². The second-order valence-corrected chi connectivity index (χ2v) is 9.33. The first-order valence-corrected chi connectivity index (χ1v) is 12.3. The Morgan fingerprint density at radius 2 is 1.66 bits per heavy atom. The summed E-state index contributed by atoms with van der Waals surface area (Å²) in [5, 5.41) is 6.02. The van der Waals surface area contributed by atoms with E-state index in [0.29, 0.717) is 33.8 Å². The molecule has 0 radical (unpaired) electrons. The Kier molecular flexibility index (Phi) is 5.91. The highest BCUT2D eigenvalue weighted by atomic mass is 16.7. The molecule has 2 amide bonds. The van der Waals surface area contributed by atoms with Crippen molar-refractivity contribution in [3.8, 4) is 17.2 Å². The number of para-hydroxylation sites is 1. The van der Waals surface area contributed by atoms with E-state index in [1.807, 2.05) is 0 Å². The van der Waals surface area contributed by atoms with Gasteiger partial charge in [0.25, 0.3) is 5.56 Å². The van der Waals surface area contributed by atoms with Gasteiger partial charge in [-0.05, 0) is 54.8 Å². The molecule has 2 N–H and O–H groups in total. The van der Waals surface area contributed by atoms with Crippen LogP contribution in [0.4, 0.5) is 5.69 Å². The van der Waals surface area contributed by atoms with Crippen LogP contribution in [0.1, 0.15) is 18.4 Å². The normalized spacial score (nSPS) is 13.9. The zero-order valence-corrected chi connectivity index (χ0v) is 20.3. The molecule has 192 valence electrons. The van der Waals surface area contributed by atoms with E-state index in [9.17, 15) is 19.2 Å². The monoisotopic (exact) mass is 512 g/mol. The number of nitrogens with zero attached hydrogens (tertiary/aromatic N) is 2. The predicted molar refractivity (Wildman–Crippen MR) is 140 cm³/mol. The third-order valence-corrected chi connectivity index (χ3v) is 6.51. The van der Waals surface area contributed by atoms with Gasteiger partial charge >= 0.3 is 5.69 Å². The third kappa shape index (κ3) is 4.63. The molecule has 1 saturated carbocycles. The van der Waals surface area contributed by atoms with Crippen LogP contribution in [-0.4, -0.2) is 33.8 Å². The molecule has 0 unspecified atom stereocenters. The van der Waals surface area contributed by atoms with Crippen LogP contribution >= 0.6 is 0 Å². The van der Waals surface area contributed by atoms with Gasteiger partial charge in [-0.1, -0.05) is 24.3 Å². The van der Waals surface area contributed by atoms with E-state index in [0.717, 1.165) is 23.0 Å². The molecule has 2 aliphatic rings. The molecule has 0 atom stereocenters. The predicted octanol–water partition coefficient (Wildman–Crippen LogP) is 2.34. The molecule has 2 heterocycles. The Morgan fingerprint density at radius 1 is 0.895 bits per heavy atom. The number of aromatic nitrogens is 2. The lowest BCUT2D eigenvalue weighted by Gasteiger charge is -2.14. The van der Waals surface area contributed by atoms with Gasteiger partial charge in [-0.15, -0.1) is 0 Å². The Labute approximate surface area is 216 Å². The quantitative estimate of drug-likeness (QED) is 0.392. The van der Waals surface area contributed by atoms with Crippen molar-refractivity contribution in [2.45, 2.75) is 31.8 Å². The summed E-state index contributed by atoms with van der Waals surface area (Å²) < 4.78 is 13.0. The molecule has 38 heavy (non-hydrogen) atoms. The van der Waals surface area contributed by atoms with Crippen LogP contribution in [-0.2, 0) is 22.6 Å². The van der Waals surface area contributed by atoms with E-state index < -0.39 is 17.2 Å². The molecular weight excluding hydrogens is 488 g/mol. The van der Waals surface area contributed by atoms with Crippen LogP contribution in [0.15, 0.2) is 76.3 Å². The Morgan fingerprint density at radius 3 is 2.45 bits per heavy atom. The summed E-state index contributed by atoms with van der Waals surface area (Å²) in [5.74, 6) is 0.608. The number of carbonyl (C=O) groups excluding carboxylic acids is 2. The highest BCUT2D eigenvalue weighted by molar-refractivity contribution is 5.92. The van der Waals surface area contributed by atoms with E-state index >= 15 is 0 Å². The second kappa shape index (κ2) is 9.55. The fraction of sp³-hybridized carbons (Fsp3) is 0.214. The molecule has 0 saturated heterocycles. The Hall–Kier alpha value is -4.86. The fourth-order valence-corrected chi connectivity index (χ4v) is 4.47. The van der Waals surface area contributed by atoms with Crippen molar-refractivity contribution in [2.24, 2.45) is 0 Å². The number of anilines is 1. The summed E-state index contributed by atoms with van der Waals surface area (Å²) in [5.41, 5.74) is 0.830. The number of benzene rings is 3. The van der Waals surface area contributed by atoms with Gasteiger partial charge in [0.15, 0.2) is 11.5 Å². The maximum absolute atomic E-state index is 13.6. The standard InChI is InChI=1S/C28H24N4O6/c33-25(29-18-7-8-18)13-17-5-10-20(11-6-17)32-27(35)21-3-1-2-4-22(21)31(28(32)36)15-26(34)30-19-9-12-23-24(14-19)38-16-37-23/h1-6,9-12,14,18H,7-8,13,15-16H2,(H,29,33)(H,30,34). The zero-order chi connectivity index (χ0) is 26.2. The minimum atomic E-state index is -0.645. The van der Waals surface area contributed by atoms with Gasteiger partial charge in [0.1, 0.15) is 6.54 Å². The molecule has 1 aliphatic heterocycles. The average molecular weight is 513 g/mol. The summed E-state index contributed by atoms with van der Waals surface area (Å²) in [6.45, 7) is -0.197. The maximum Gasteiger partial charge on any atom is 0.336 e. The molecule has 10 heteroatoms. The SMILES string of the molecule is O=C(Cn1c(=O)n(-c2ccc(CC(=O)NC3CC3)cc2)c(=O)c2ccccc21)Nc1ccc2c(c1)OCO2. The second-order valence-electron chi connectivity index (χ2n) is 9.33. The van der Waals surface area contributed by atoms with Gasteiger partial charge in [-0.3, -0.25) is 19.0 Å². The summed E-state index contributed by atoms with van der Waals surface area (Å²) in [4.78, 5) is 52.0. The van der Waals surface area contributed by atoms with Crippen LogP contribution in [0.5, 0.6) is 11.5 Å². The van der Waals surface area contributed by atoms with Gasteiger partial charge in [0.2, 0.25) is 18.6 Å². The number of nitrogens with one attached hydrogen (secondary N) is 2. The number of amides is 2. The first kappa shape index (κ1) is 23.5. The van der Waals surface area contributed by atoms with Gasteiger partial charge in [0.05, 0.1) is 23.0 Å². The number of carbonyl (C=O) groups is 2. The minimum Gasteiger partial charge on any atom is -0.454 e. The van der Waals surface area contributed by atoms with Crippen molar-refractivity contribution in [3.63, 3.8) is 0 Å². The van der Waals surface area contributed by atoms with E-state index in [1.165, 1.54) is 4.57 Å². The van der Waals surface area contributed by atoms with Crippen LogP contribution in [0, 0.1) is 0 Å². The molecule has 0 spiro atoms. The molecule has 10 nitrogen and oxygen atoms in total. The lowest BCUT2D eigenvalue weighted by molar-refractivity contribution is -0.120. The highest BCUT2D eigenvalue weighted by Crippen LogP contribution is 2.34. The van der Waals surface area contributed by atoms with Gasteiger partial charge in [0, 0.05) is 17.8 Å². The van der Waals surface area contributed by atoms with E-state index in [1.54, 1.807) is 66.7 Å². The van der Waals surface area contributed by atoms with Crippen molar-refractivity contribution in [2.75, 3.05) is 12.1 Å². The molecule has 3 aromatic carbocycles. The average Bonchev–Trinajstić information content (AvgIpc) is 3.60. The fourth-order valence-electron chi connectivity index (χ4n) is 4.47. The van der Waals surface area contributed by atoms with Crippen molar-refractivity contribution in [1.29, 1.82) is 0 Å². The summed E-state index contributed by atoms with van der Waals surface area (Å²) in [6, 6.07) is 18.7. The smallest absolute Gasteiger partial charge is 0.336 e. The number of fused-ring (bicyclic) bond motifs is 2. The third-order valence-electron chi connectivity index (χ3n) is 6.51. The number of ether oxygens (including phenoxy) is 2. The first-order valence-electron chi connectivity index (χ1n) is 12.3. The molecular formula is C28H24N4O6. The lowest BCUT2D eigenvalue weighted by Crippen LogP contribution is -2.40. The summed E-state index contributed by atoms with van der Waals surface area (Å²) in [6.07, 6.45) is 2.24. The molecule has 0 bridgehead atoms. The summed E-state index contributed by atoms with van der Waals surface area (Å²) in [7, 11) is 0. The van der Waals surface area contributed by atoms with E-state index in [2.05, 4.69) is 10.6 Å². The number of hydrogen-bond acceptors (Lipinski definition) is 6. The van der Waals surface area contributed by atoms with Gasteiger partial charge < -0.3 is 20.1 Å². The van der Waals surface area contributed by atoms with Crippen molar-refractivity contribution in [3.05, 3.63) is 93.1 Å². The topological polar surface area (TPSA) is 121 Å². The van der Waals surface area contributed by atoms with Crippen LogP contribution < -0.4 is 31.4 Å². The van der Waals surface area contributed by atoms with Crippen LogP contribution in [0.3, 0.4) is 0 Å².